The van der Waals surface area contributed by atoms with Crippen molar-refractivity contribution >= 4 is 39.3 Å². The third kappa shape index (κ3) is 2.42. The number of hydrogen-bond acceptors (Lipinski definition) is 3. The van der Waals surface area contributed by atoms with Crippen LogP contribution < -0.4 is 10.7 Å². The second-order valence-corrected chi connectivity index (χ2v) is 8.40. The number of para-hydroxylation sites is 3. The summed E-state index contributed by atoms with van der Waals surface area (Å²) in [4.78, 5) is 44.0. The number of aromatic nitrogens is 1. The number of benzene rings is 3. The van der Waals surface area contributed by atoms with E-state index in [1.807, 2.05) is 24.3 Å². The predicted molar refractivity (Wildman–Crippen MR) is 119 cm³/mol. The standard InChI is InChI=1S/C25H18FN3O3/c26-18-9-4-6-15-21(18)28-20-14(22(15)30)5-3-7-16(20)23(31)29-12-11-25(13-29)17-8-1-2-10-19(17)27-24(25)32/h1-10H,11-13H2,(H,27,32)(H,28,30). The maximum atomic E-state index is 14.4. The fraction of sp³-hybridized carbons (Fsp3) is 0.160. The second kappa shape index (κ2) is 6.50. The molecule has 1 unspecified atom stereocenters. The molecule has 0 saturated carbocycles. The van der Waals surface area contributed by atoms with Gasteiger partial charge in [-0.15, -0.1) is 0 Å². The highest BCUT2D eigenvalue weighted by molar-refractivity contribution is 6.10. The van der Waals surface area contributed by atoms with E-state index in [0.29, 0.717) is 23.9 Å². The third-order valence-corrected chi connectivity index (χ3v) is 6.73. The molecule has 1 aromatic heterocycles. The number of H-pyrrole nitrogens is 1. The number of fused-ring (bicyclic) bond motifs is 4. The summed E-state index contributed by atoms with van der Waals surface area (Å²) >= 11 is 0. The Balaban J connectivity index is 1.45. The normalized spacial score (nSPS) is 19.7. The summed E-state index contributed by atoms with van der Waals surface area (Å²) in [5, 5.41) is 3.49. The Morgan fingerprint density at radius 3 is 2.53 bits per heavy atom. The van der Waals surface area contributed by atoms with Crippen LogP contribution in [0.3, 0.4) is 0 Å². The largest absolute Gasteiger partial charge is 0.351 e. The predicted octanol–water partition coefficient (Wildman–Crippen LogP) is 3.56. The quantitative estimate of drug-likeness (QED) is 0.456. The van der Waals surface area contributed by atoms with Gasteiger partial charge in [0, 0.05) is 29.5 Å². The van der Waals surface area contributed by atoms with Crippen LogP contribution in [0.4, 0.5) is 10.1 Å². The molecule has 4 aromatic rings. The molecule has 2 N–H and O–H groups in total. The van der Waals surface area contributed by atoms with Crippen LogP contribution in [-0.2, 0) is 10.2 Å². The lowest BCUT2D eigenvalue weighted by Gasteiger charge is -2.23. The Morgan fingerprint density at radius 2 is 1.69 bits per heavy atom. The van der Waals surface area contributed by atoms with E-state index in [9.17, 15) is 18.8 Å². The molecule has 0 bridgehead atoms. The molecule has 1 atom stereocenters. The van der Waals surface area contributed by atoms with Gasteiger partial charge in [-0.05, 0) is 42.3 Å². The number of likely N-dealkylation sites (tertiary alicyclic amines) is 1. The van der Waals surface area contributed by atoms with Crippen LogP contribution in [-0.4, -0.2) is 34.8 Å². The molecule has 3 heterocycles. The Kier molecular flexibility index (Phi) is 3.81. The zero-order valence-corrected chi connectivity index (χ0v) is 16.9. The van der Waals surface area contributed by atoms with E-state index in [1.54, 1.807) is 29.2 Å². The first-order valence-corrected chi connectivity index (χ1v) is 10.4. The van der Waals surface area contributed by atoms with Crippen LogP contribution in [0.25, 0.3) is 21.8 Å². The van der Waals surface area contributed by atoms with Crippen molar-refractivity contribution in [3.63, 3.8) is 0 Å². The number of halogens is 1. The van der Waals surface area contributed by atoms with Gasteiger partial charge in [-0.3, -0.25) is 14.4 Å². The average molecular weight is 427 g/mol. The van der Waals surface area contributed by atoms with E-state index in [4.69, 9.17) is 0 Å². The lowest BCUT2D eigenvalue weighted by Crippen LogP contribution is -2.39. The van der Waals surface area contributed by atoms with Crippen LogP contribution in [0, 0.1) is 5.82 Å². The van der Waals surface area contributed by atoms with Crippen LogP contribution in [0.2, 0.25) is 0 Å². The monoisotopic (exact) mass is 427 g/mol. The molecule has 1 spiro atoms. The number of pyridine rings is 1. The molecular weight excluding hydrogens is 409 g/mol. The fourth-order valence-corrected chi connectivity index (χ4v) is 5.10. The average Bonchev–Trinajstić information content (AvgIpc) is 3.37. The minimum absolute atomic E-state index is 0.0761. The SMILES string of the molecule is O=C(c1cccc2c(=O)c3cccc(F)c3[nH]c12)N1CCC2(C1)C(=O)Nc1ccccc12. The first-order valence-electron chi connectivity index (χ1n) is 10.4. The second-order valence-electron chi connectivity index (χ2n) is 8.40. The number of aromatic amines is 1. The van der Waals surface area contributed by atoms with Crippen LogP contribution in [0.15, 0.2) is 65.5 Å². The van der Waals surface area contributed by atoms with Gasteiger partial charge in [0.1, 0.15) is 5.82 Å². The van der Waals surface area contributed by atoms with Crippen molar-refractivity contribution in [1.82, 2.24) is 9.88 Å². The molecule has 2 aliphatic heterocycles. The Labute approximate surface area is 181 Å². The van der Waals surface area contributed by atoms with Gasteiger partial charge in [0.15, 0.2) is 5.43 Å². The fourth-order valence-electron chi connectivity index (χ4n) is 5.10. The lowest BCUT2D eigenvalue weighted by molar-refractivity contribution is -0.120. The first kappa shape index (κ1) is 18.7. The summed E-state index contributed by atoms with van der Waals surface area (Å²) in [5.41, 5.74) is 1.24. The van der Waals surface area contributed by atoms with Crippen LogP contribution in [0.1, 0.15) is 22.3 Å². The number of amides is 2. The van der Waals surface area contributed by atoms with Gasteiger partial charge in [-0.25, -0.2) is 4.39 Å². The van der Waals surface area contributed by atoms with E-state index in [2.05, 4.69) is 10.3 Å². The maximum absolute atomic E-state index is 14.4. The van der Waals surface area contributed by atoms with E-state index >= 15 is 0 Å². The molecule has 6 nitrogen and oxygen atoms in total. The highest BCUT2D eigenvalue weighted by atomic mass is 19.1. The molecular formula is C25H18FN3O3. The Hall–Kier alpha value is -4.00. The van der Waals surface area contributed by atoms with Crippen molar-refractivity contribution in [3.05, 3.63) is 87.8 Å². The smallest absolute Gasteiger partial charge is 0.256 e. The van der Waals surface area contributed by atoms with Gasteiger partial charge in [0.2, 0.25) is 5.91 Å². The summed E-state index contributed by atoms with van der Waals surface area (Å²) in [7, 11) is 0. The molecule has 6 rings (SSSR count). The summed E-state index contributed by atoms with van der Waals surface area (Å²) in [6.07, 6.45) is 0.514. The van der Waals surface area contributed by atoms with E-state index in [0.717, 1.165) is 11.3 Å². The van der Waals surface area contributed by atoms with E-state index in [-0.39, 0.29) is 40.3 Å². The zero-order valence-electron chi connectivity index (χ0n) is 16.9. The van der Waals surface area contributed by atoms with Crippen molar-refractivity contribution in [2.75, 3.05) is 18.4 Å². The van der Waals surface area contributed by atoms with Gasteiger partial charge in [0.25, 0.3) is 5.91 Å². The number of carbonyl (C=O) groups is 2. The molecule has 3 aromatic carbocycles. The van der Waals surface area contributed by atoms with Crippen molar-refractivity contribution in [1.29, 1.82) is 0 Å². The first-order chi connectivity index (χ1) is 15.5. The maximum Gasteiger partial charge on any atom is 0.256 e. The van der Waals surface area contributed by atoms with Crippen LogP contribution in [0.5, 0.6) is 0 Å². The van der Waals surface area contributed by atoms with Gasteiger partial charge in [-0.1, -0.05) is 30.3 Å². The summed E-state index contributed by atoms with van der Waals surface area (Å²) in [6.45, 7) is 0.653. The molecule has 7 heteroatoms. The minimum atomic E-state index is -0.775. The number of nitrogens with zero attached hydrogens (tertiary/aromatic N) is 1. The molecule has 1 saturated heterocycles. The number of nitrogens with one attached hydrogen (secondary N) is 2. The van der Waals surface area contributed by atoms with E-state index < -0.39 is 11.2 Å². The molecule has 158 valence electrons. The third-order valence-electron chi connectivity index (χ3n) is 6.73. The van der Waals surface area contributed by atoms with Gasteiger partial charge in [-0.2, -0.15) is 0 Å². The molecule has 2 aliphatic rings. The highest BCUT2D eigenvalue weighted by Gasteiger charge is 2.52. The van der Waals surface area contributed by atoms with Gasteiger partial charge >= 0.3 is 0 Å². The number of rotatable bonds is 1. The molecule has 2 amide bonds. The van der Waals surface area contributed by atoms with Crippen molar-refractivity contribution in [2.45, 2.75) is 11.8 Å². The van der Waals surface area contributed by atoms with Gasteiger partial charge < -0.3 is 15.2 Å². The zero-order chi connectivity index (χ0) is 22.0. The van der Waals surface area contributed by atoms with E-state index in [1.165, 1.54) is 12.1 Å². The topological polar surface area (TPSA) is 82.3 Å². The number of hydrogen-bond donors (Lipinski definition) is 2. The van der Waals surface area contributed by atoms with Crippen molar-refractivity contribution < 1.29 is 14.0 Å². The van der Waals surface area contributed by atoms with Crippen LogP contribution >= 0.6 is 0 Å². The Bertz CT molecular complexity index is 1530. The summed E-state index contributed by atoms with van der Waals surface area (Å²) < 4.78 is 14.4. The molecule has 0 radical (unpaired) electrons. The lowest BCUT2D eigenvalue weighted by atomic mass is 9.81. The molecule has 32 heavy (non-hydrogen) atoms. The minimum Gasteiger partial charge on any atom is -0.351 e. The number of carbonyl (C=O) groups excluding carboxylic acids is 2. The van der Waals surface area contributed by atoms with Gasteiger partial charge in [0.05, 0.1) is 22.0 Å². The molecule has 0 aliphatic carbocycles. The van der Waals surface area contributed by atoms with Crippen molar-refractivity contribution in [2.24, 2.45) is 0 Å². The van der Waals surface area contributed by atoms with Crippen molar-refractivity contribution in [3.8, 4) is 0 Å². The summed E-state index contributed by atoms with van der Waals surface area (Å²) in [6, 6.07) is 16.8. The molecule has 1 fully saturated rings. The Morgan fingerprint density at radius 1 is 0.938 bits per heavy atom. The number of anilines is 1. The summed E-state index contributed by atoms with van der Waals surface area (Å²) in [5.74, 6) is -0.951. The highest BCUT2D eigenvalue weighted by Crippen LogP contribution is 2.44.